The minimum Gasteiger partial charge on any atom is -0.497 e. The Balaban J connectivity index is 1.46. The van der Waals surface area contributed by atoms with Crippen molar-refractivity contribution in [3.8, 4) is 28.9 Å². The molecule has 0 spiro atoms. The van der Waals surface area contributed by atoms with Crippen molar-refractivity contribution in [2.75, 3.05) is 45.9 Å². The molecule has 3 heterocycles. The Morgan fingerprint density at radius 3 is 2.22 bits per heavy atom. The summed E-state index contributed by atoms with van der Waals surface area (Å²) in [6, 6.07) is 13.7. The van der Waals surface area contributed by atoms with Crippen molar-refractivity contribution in [2.45, 2.75) is 38.8 Å². The molecule has 1 aromatic heterocycles. The molecule has 0 saturated carbocycles. The third-order valence-corrected chi connectivity index (χ3v) is 6.82. The fourth-order valence-corrected chi connectivity index (χ4v) is 4.91. The molecule has 0 bridgehead atoms. The van der Waals surface area contributed by atoms with E-state index >= 15 is 0 Å². The van der Waals surface area contributed by atoms with Gasteiger partial charge in [0.2, 0.25) is 11.8 Å². The summed E-state index contributed by atoms with van der Waals surface area (Å²) in [4.78, 5) is 14.6. The monoisotopic (exact) mass is 490 g/mol. The summed E-state index contributed by atoms with van der Waals surface area (Å²) in [6.07, 6.45) is 4.43. The van der Waals surface area contributed by atoms with Gasteiger partial charge in [-0.1, -0.05) is 12.1 Å². The first kappa shape index (κ1) is 24.2. The maximum Gasteiger partial charge on any atom is 0.229 e. The van der Waals surface area contributed by atoms with Gasteiger partial charge in [0.15, 0.2) is 11.5 Å². The van der Waals surface area contributed by atoms with Crippen LogP contribution in [0, 0.1) is 0 Å². The number of para-hydroxylation sites is 2. The molecule has 36 heavy (non-hydrogen) atoms. The van der Waals surface area contributed by atoms with E-state index in [1.807, 2.05) is 30.3 Å². The molecule has 0 aliphatic carbocycles. The largest absolute Gasteiger partial charge is 0.497 e. The number of anilines is 1. The van der Waals surface area contributed by atoms with Crippen LogP contribution in [0.5, 0.6) is 28.9 Å². The molecule has 2 aromatic carbocycles. The van der Waals surface area contributed by atoms with E-state index in [4.69, 9.17) is 28.9 Å². The fraction of sp³-hybridized carbons (Fsp3) is 0.429. The van der Waals surface area contributed by atoms with Gasteiger partial charge in [0.1, 0.15) is 11.5 Å². The van der Waals surface area contributed by atoms with Crippen LogP contribution in [-0.2, 0) is 19.5 Å². The van der Waals surface area contributed by atoms with Crippen LogP contribution in [0.15, 0.2) is 42.5 Å². The van der Waals surface area contributed by atoms with Gasteiger partial charge in [0.05, 0.1) is 32.6 Å². The minimum atomic E-state index is 0.609. The van der Waals surface area contributed by atoms with Gasteiger partial charge >= 0.3 is 0 Å². The topological polar surface area (TPSA) is 69.2 Å². The summed E-state index contributed by atoms with van der Waals surface area (Å²) >= 11 is 0. The Hall–Kier alpha value is -3.52. The number of benzene rings is 2. The number of hydrogen-bond donors (Lipinski definition) is 0. The minimum absolute atomic E-state index is 0.609. The smallest absolute Gasteiger partial charge is 0.229 e. The van der Waals surface area contributed by atoms with E-state index in [1.54, 1.807) is 21.3 Å². The van der Waals surface area contributed by atoms with Crippen LogP contribution < -0.4 is 23.8 Å². The molecule has 2 aliphatic rings. The lowest BCUT2D eigenvalue weighted by atomic mass is 10.1. The predicted octanol–water partition coefficient (Wildman–Crippen LogP) is 4.84. The molecular weight excluding hydrogens is 456 g/mol. The van der Waals surface area contributed by atoms with Gasteiger partial charge in [-0.05, 0) is 49.1 Å². The molecule has 0 atom stereocenters. The van der Waals surface area contributed by atoms with E-state index in [0.717, 1.165) is 66.9 Å². The van der Waals surface area contributed by atoms with Gasteiger partial charge in [-0.25, -0.2) is 4.98 Å². The van der Waals surface area contributed by atoms with E-state index in [-0.39, 0.29) is 0 Å². The number of nitrogens with zero attached hydrogens (tertiary/aromatic N) is 4. The zero-order valence-electron chi connectivity index (χ0n) is 21.3. The van der Waals surface area contributed by atoms with E-state index in [2.05, 4.69) is 21.9 Å². The average molecular weight is 491 g/mol. The Morgan fingerprint density at radius 2 is 1.53 bits per heavy atom. The number of ether oxygens (including phenoxy) is 4. The van der Waals surface area contributed by atoms with Crippen molar-refractivity contribution in [1.29, 1.82) is 0 Å². The van der Waals surface area contributed by atoms with E-state index < -0.39 is 0 Å². The maximum atomic E-state index is 6.43. The van der Waals surface area contributed by atoms with E-state index in [0.29, 0.717) is 23.9 Å². The molecule has 2 aliphatic heterocycles. The van der Waals surface area contributed by atoms with Crippen LogP contribution in [0.4, 0.5) is 5.95 Å². The van der Waals surface area contributed by atoms with Crippen molar-refractivity contribution in [2.24, 2.45) is 0 Å². The molecule has 1 fully saturated rings. The molecule has 0 radical (unpaired) electrons. The van der Waals surface area contributed by atoms with Gasteiger partial charge in [-0.15, -0.1) is 0 Å². The third-order valence-electron chi connectivity index (χ3n) is 6.82. The lowest BCUT2D eigenvalue weighted by molar-refractivity contribution is 0.237. The Bertz CT molecular complexity index is 1170. The molecule has 3 aromatic rings. The second-order valence-corrected chi connectivity index (χ2v) is 9.24. The molecule has 0 unspecified atom stereocenters. The highest BCUT2D eigenvalue weighted by molar-refractivity contribution is 5.47. The Kier molecular flexibility index (Phi) is 7.41. The average Bonchev–Trinajstić information content (AvgIpc) is 2.93. The first-order chi connectivity index (χ1) is 17.7. The first-order valence-corrected chi connectivity index (χ1v) is 12.6. The highest BCUT2D eigenvalue weighted by atomic mass is 16.5. The van der Waals surface area contributed by atoms with Gasteiger partial charge < -0.3 is 23.8 Å². The van der Waals surface area contributed by atoms with Gasteiger partial charge in [0, 0.05) is 45.2 Å². The number of hydrogen-bond acceptors (Lipinski definition) is 8. The van der Waals surface area contributed by atoms with E-state index in [9.17, 15) is 0 Å². The molecule has 190 valence electrons. The third kappa shape index (κ3) is 5.33. The summed E-state index contributed by atoms with van der Waals surface area (Å²) in [6.45, 7) is 4.32. The maximum absolute atomic E-state index is 6.43. The highest BCUT2D eigenvalue weighted by Gasteiger charge is 2.26. The van der Waals surface area contributed by atoms with Gasteiger partial charge in [-0.2, -0.15) is 4.98 Å². The summed E-state index contributed by atoms with van der Waals surface area (Å²) in [5.41, 5.74) is 3.23. The molecule has 1 saturated heterocycles. The quantitative estimate of drug-likeness (QED) is 0.444. The van der Waals surface area contributed by atoms with Crippen LogP contribution in [-0.4, -0.2) is 55.8 Å². The molecule has 8 heteroatoms. The van der Waals surface area contributed by atoms with Crippen LogP contribution in [0.25, 0.3) is 0 Å². The molecule has 8 nitrogen and oxygen atoms in total. The summed E-state index contributed by atoms with van der Waals surface area (Å²) < 4.78 is 22.9. The highest BCUT2D eigenvalue weighted by Crippen LogP contribution is 2.36. The second kappa shape index (κ2) is 11.0. The Labute approximate surface area is 212 Å². The number of rotatable bonds is 8. The number of aromatic nitrogens is 2. The number of methoxy groups -OCH3 is 3. The second-order valence-electron chi connectivity index (χ2n) is 9.24. The van der Waals surface area contributed by atoms with Crippen molar-refractivity contribution in [3.05, 3.63) is 59.3 Å². The van der Waals surface area contributed by atoms with Crippen LogP contribution in [0.2, 0.25) is 0 Å². The van der Waals surface area contributed by atoms with Crippen molar-refractivity contribution in [1.82, 2.24) is 14.9 Å². The van der Waals surface area contributed by atoms with Gasteiger partial charge in [0.25, 0.3) is 0 Å². The first-order valence-electron chi connectivity index (χ1n) is 12.6. The molecule has 0 N–H and O–H groups in total. The summed E-state index contributed by atoms with van der Waals surface area (Å²) in [5, 5.41) is 0. The summed E-state index contributed by atoms with van der Waals surface area (Å²) in [5.74, 6) is 4.29. The van der Waals surface area contributed by atoms with Crippen LogP contribution in [0.3, 0.4) is 0 Å². The van der Waals surface area contributed by atoms with Crippen molar-refractivity contribution < 1.29 is 18.9 Å². The number of fused-ring (bicyclic) bond motifs is 1. The predicted molar refractivity (Wildman–Crippen MR) is 139 cm³/mol. The van der Waals surface area contributed by atoms with Crippen LogP contribution >= 0.6 is 0 Å². The Morgan fingerprint density at radius 1 is 0.806 bits per heavy atom. The molecule has 0 amide bonds. The van der Waals surface area contributed by atoms with Crippen molar-refractivity contribution in [3.63, 3.8) is 0 Å². The zero-order valence-corrected chi connectivity index (χ0v) is 21.3. The number of piperidine rings is 1. The normalized spacial score (nSPS) is 15.8. The summed E-state index contributed by atoms with van der Waals surface area (Å²) in [7, 11) is 5.00. The lowest BCUT2D eigenvalue weighted by Gasteiger charge is -2.32. The SMILES string of the molecule is COc1cc(CN2CCc3nc(N4CCCCC4)nc(Oc4ccccc4OC)c3C2)cc(OC)c1. The fourth-order valence-electron chi connectivity index (χ4n) is 4.91. The van der Waals surface area contributed by atoms with Crippen molar-refractivity contribution >= 4 is 5.95 Å². The standard InChI is InChI=1S/C28H34N4O4/c1-33-21-15-20(16-22(17-21)34-2)18-31-14-11-24-23(19-31)27(36-26-10-6-5-9-25(26)35-3)30-28(29-24)32-12-7-4-8-13-32/h5-6,9-10,15-17H,4,7-8,11-14,18-19H2,1-3H3. The lowest BCUT2D eigenvalue weighted by Crippen LogP contribution is -2.34. The molecular formula is C28H34N4O4. The van der Waals surface area contributed by atoms with Gasteiger partial charge in [-0.3, -0.25) is 4.90 Å². The molecule has 5 rings (SSSR count). The zero-order chi connectivity index (χ0) is 24.9. The van der Waals surface area contributed by atoms with Crippen LogP contribution in [0.1, 0.15) is 36.1 Å². The van der Waals surface area contributed by atoms with E-state index in [1.165, 1.54) is 19.3 Å².